The molecule has 0 aliphatic carbocycles. The van der Waals surface area contributed by atoms with Crippen LogP contribution in [-0.2, 0) is 6.61 Å². The molecular formula is C20H26N2O3. The maximum atomic E-state index is 12.9. The summed E-state index contributed by atoms with van der Waals surface area (Å²) >= 11 is 0. The minimum Gasteiger partial charge on any atom is -0.489 e. The first-order chi connectivity index (χ1) is 12.1. The normalized spacial score (nSPS) is 17.6. The number of aryl methyl sites for hydroxylation is 2. The molecule has 0 radical (unpaired) electrons. The molecule has 3 rings (SSSR count). The lowest BCUT2D eigenvalue weighted by Crippen LogP contribution is -2.43. The van der Waals surface area contributed by atoms with Crippen molar-refractivity contribution in [3.8, 4) is 5.75 Å². The number of nitrogens with zero attached hydrogens (tertiary/aromatic N) is 2. The molecule has 5 nitrogen and oxygen atoms in total. The molecule has 1 amide bonds. The Morgan fingerprint density at radius 2 is 2.20 bits per heavy atom. The summed E-state index contributed by atoms with van der Waals surface area (Å²) in [6.45, 7) is 7.16. The van der Waals surface area contributed by atoms with Gasteiger partial charge >= 0.3 is 0 Å². The van der Waals surface area contributed by atoms with Crippen LogP contribution in [0.15, 0.2) is 28.8 Å². The smallest absolute Gasteiger partial charge is 0.254 e. The molecule has 1 fully saturated rings. The SMILES string of the molecule is CCC1CCCCN1C(=O)c1cccc(OCc2c(C)noc2C)c1. The zero-order valence-electron chi connectivity index (χ0n) is 15.2. The number of rotatable bonds is 5. The average molecular weight is 342 g/mol. The summed E-state index contributed by atoms with van der Waals surface area (Å²) in [6.07, 6.45) is 4.41. The van der Waals surface area contributed by atoms with Crippen LogP contribution in [0.1, 0.15) is 60.0 Å². The summed E-state index contributed by atoms with van der Waals surface area (Å²) in [4.78, 5) is 14.9. The summed E-state index contributed by atoms with van der Waals surface area (Å²) in [6, 6.07) is 7.81. The number of carbonyl (C=O) groups is 1. The molecule has 0 N–H and O–H groups in total. The highest BCUT2D eigenvalue weighted by atomic mass is 16.5. The molecule has 0 spiro atoms. The third kappa shape index (κ3) is 3.86. The van der Waals surface area contributed by atoms with E-state index in [1.54, 1.807) is 0 Å². The Labute approximate surface area is 148 Å². The number of piperidine rings is 1. The fourth-order valence-corrected chi connectivity index (χ4v) is 3.44. The summed E-state index contributed by atoms with van der Waals surface area (Å²) < 4.78 is 11.0. The molecule has 0 saturated carbocycles. The highest BCUT2D eigenvalue weighted by Gasteiger charge is 2.26. The van der Waals surface area contributed by atoms with Crippen LogP contribution in [0.4, 0.5) is 0 Å². The summed E-state index contributed by atoms with van der Waals surface area (Å²) in [5, 5.41) is 3.94. The van der Waals surface area contributed by atoms with Crippen molar-refractivity contribution in [3.05, 3.63) is 46.8 Å². The topological polar surface area (TPSA) is 55.6 Å². The second kappa shape index (κ2) is 7.72. The maximum absolute atomic E-state index is 12.9. The molecule has 1 aliphatic rings. The van der Waals surface area contributed by atoms with E-state index in [0.717, 1.165) is 42.8 Å². The Morgan fingerprint density at radius 3 is 2.92 bits per heavy atom. The monoisotopic (exact) mass is 342 g/mol. The number of hydrogen-bond acceptors (Lipinski definition) is 4. The molecule has 1 aromatic carbocycles. The molecule has 25 heavy (non-hydrogen) atoms. The zero-order valence-corrected chi connectivity index (χ0v) is 15.2. The second-order valence-corrected chi connectivity index (χ2v) is 6.68. The van der Waals surface area contributed by atoms with Crippen LogP contribution in [-0.4, -0.2) is 28.6 Å². The maximum Gasteiger partial charge on any atom is 0.254 e. The highest BCUT2D eigenvalue weighted by Crippen LogP contribution is 2.24. The fraction of sp³-hybridized carbons (Fsp3) is 0.500. The van der Waals surface area contributed by atoms with Crippen molar-refractivity contribution in [2.24, 2.45) is 0 Å². The number of amides is 1. The number of carbonyl (C=O) groups excluding carboxylic acids is 1. The van der Waals surface area contributed by atoms with Gasteiger partial charge in [-0.15, -0.1) is 0 Å². The van der Waals surface area contributed by atoms with Gasteiger partial charge in [0.1, 0.15) is 18.1 Å². The minimum atomic E-state index is 0.106. The largest absolute Gasteiger partial charge is 0.489 e. The minimum absolute atomic E-state index is 0.106. The van der Waals surface area contributed by atoms with Gasteiger partial charge in [-0.2, -0.15) is 0 Å². The van der Waals surface area contributed by atoms with Crippen molar-refractivity contribution in [2.75, 3.05) is 6.54 Å². The van der Waals surface area contributed by atoms with E-state index in [-0.39, 0.29) is 5.91 Å². The van der Waals surface area contributed by atoms with Gasteiger partial charge in [0.2, 0.25) is 0 Å². The molecular weight excluding hydrogens is 316 g/mol. The van der Waals surface area contributed by atoms with Gasteiger partial charge in [0.05, 0.1) is 11.3 Å². The van der Waals surface area contributed by atoms with Crippen molar-refractivity contribution < 1.29 is 14.1 Å². The lowest BCUT2D eigenvalue weighted by Gasteiger charge is -2.35. The van der Waals surface area contributed by atoms with E-state index in [4.69, 9.17) is 9.26 Å². The number of ether oxygens (including phenoxy) is 1. The van der Waals surface area contributed by atoms with Crippen LogP contribution in [0.25, 0.3) is 0 Å². The van der Waals surface area contributed by atoms with Crippen molar-refractivity contribution >= 4 is 5.91 Å². The quantitative estimate of drug-likeness (QED) is 0.814. The lowest BCUT2D eigenvalue weighted by molar-refractivity contribution is 0.0607. The van der Waals surface area contributed by atoms with Crippen LogP contribution >= 0.6 is 0 Å². The number of likely N-dealkylation sites (tertiary alicyclic amines) is 1. The van der Waals surface area contributed by atoms with Crippen LogP contribution in [0.5, 0.6) is 5.75 Å². The number of benzene rings is 1. The number of aromatic nitrogens is 1. The van der Waals surface area contributed by atoms with Gasteiger partial charge in [-0.1, -0.05) is 18.1 Å². The Hall–Kier alpha value is -2.30. The van der Waals surface area contributed by atoms with Gasteiger partial charge in [0.15, 0.2) is 0 Å². The molecule has 2 heterocycles. The molecule has 1 unspecified atom stereocenters. The van der Waals surface area contributed by atoms with Gasteiger partial charge in [-0.25, -0.2) is 0 Å². The Kier molecular flexibility index (Phi) is 5.41. The standard InChI is InChI=1S/C20H26N2O3/c1-4-17-9-5-6-11-22(17)20(23)16-8-7-10-18(12-16)24-13-19-14(2)21-25-15(19)3/h7-8,10,12,17H,4-6,9,11,13H2,1-3H3. The molecule has 5 heteroatoms. The third-order valence-corrected chi connectivity index (χ3v) is 5.00. The van der Waals surface area contributed by atoms with E-state index in [1.165, 1.54) is 6.42 Å². The van der Waals surface area contributed by atoms with Crippen molar-refractivity contribution in [2.45, 2.75) is 59.1 Å². The summed E-state index contributed by atoms with van der Waals surface area (Å²) in [5.41, 5.74) is 2.49. The molecule has 1 aromatic heterocycles. The van der Waals surface area contributed by atoms with E-state index in [1.807, 2.05) is 43.0 Å². The third-order valence-electron chi connectivity index (χ3n) is 5.00. The van der Waals surface area contributed by atoms with E-state index >= 15 is 0 Å². The first-order valence-electron chi connectivity index (χ1n) is 9.05. The molecule has 1 aliphatic heterocycles. The van der Waals surface area contributed by atoms with Crippen molar-refractivity contribution in [1.29, 1.82) is 0 Å². The second-order valence-electron chi connectivity index (χ2n) is 6.68. The Bertz CT molecular complexity index is 719. The van der Waals surface area contributed by atoms with Gasteiger partial charge in [-0.3, -0.25) is 4.79 Å². The van der Waals surface area contributed by atoms with Gasteiger partial charge in [-0.05, 0) is 57.7 Å². The predicted molar refractivity (Wildman–Crippen MR) is 95.7 cm³/mol. The fourth-order valence-electron chi connectivity index (χ4n) is 3.44. The molecule has 0 bridgehead atoms. The molecule has 2 aromatic rings. The van der Waals surface area contributed by atoms with E-state index < -0.39 is 0 Å². The Morgan fingerprint density at radius 1 is 1.36 bits per heavy atom. The lowest BCUT2D eigenvalue weighted by atomic mass is 9.99. The molecule has 1 atom stereocenters. The van der Waals surface area contributed by atoms with Crippen LogP contribution in [0, 0.1) is 13.8 Å². The number of hydrogen-bond donors (Lipinski definition) is 0. The van der Waals surface area contributed by atoms with Crippen LogP contribution in [0.2, 0.25) is 0 Å². The van der Waals surface area contributed by atoms with Crippen molar-refractivity contribution in [3.63, 3.8) is 0 Å². The predicted octanol–water partition coefficient (Wildman–Crippen LogP) is 4.28. The van der Waals surface area contributed by atoms with Gasteiger partial charge in [0.25, 0.3) is 5.91 Å². The Balaban J connectivity index is 1.71. The average Bonchev–Trinajstić information content (AvgIpc) is 2.97. The highest BCUT2D eigenvalue weighted by molar-refractivity contribution is 5.94. The van der Waals surface area contributed by atoms with Gasteiger partial charge < -0.3 is 14.2 Å². The van der Waals surface area contributed by atoms with E-state index in [9.17, 15) is 4.79 Å². The van der Waals surface area contributed by atoms with Gasteiger partial charge in [0, 0.05) is 18.2 Å². The van der Waals surface area contributed by atoms with Crippen molar-refractivity contribution in [1.82, 2.24) is 10.1 Å². The zero-order chi connectivity index (χ0) is 17.8. The van der Waals surface area contributed by atoms with E-state index in [2.05, 4.69) is 12.1 Å². The van der Waals surface area contributed by atoms with E-state index in [0.29, 0.717) is 24.0 Å². The van der Waals surface area contributed by atoms with Crippen LogP contribution < -0.4 is 4.74 Å². The molecule has 1 saturated heterocycles. The molecule has 134 valence electrons. The first-order valence-corrected chi connectivity index (χ1v) is 9.05. The summed E-state index contributed by atoms with van der Waals surface area (Å²) in [5.74, 6) is 1.56. The summed E-state index contributed by atoms with van der Waals surface area (Å²) in [7, 11) is 0. The van der Waals surface area contributed by atoms with Crippen LogP contribution in [0.3, 0.4) is 0 Å². The first kappa shape index (κ1) is 17.5.